The maximum Gasteiger partial charge on any atom is 0.00470 e. The standard InChI is InChI=1S/C11H22S/c1-2-10-12-11-8-6-4-3-5-7-9-11/h11H,2-10H2,1H3. The summed E-state index contributed by atoms with van der Waals surface area (Å²) in [4.78, 5) is 0. The second-order valence-corrected chi connectivity index (χ2v) is 5.25. The molecule has 0 aromatic heterocycles. The topological polar surface area (TPSA) is 0 Å². The van der Waals surface area contributed by atoms with Crippen molar-refractivity contribution < 1.29 is 0 Å². The highest BCUT2D eigenvalue weighted by Gasteiger charge is 2.10. The summed E-state index contributed by atoms with van der Waals surface area (Å²) in [6.45, 7) is 2.29. The largest absolute Gasteiger partial charge is 0.159 e. The van der Waals surface area contributed by atoms with Gasteiger partial charge in [-0.15, -0.1) is 0 Å². The average Bonchev–Trinajstić information content (AvgIpc) is 2.02. The van der Waals surface area contributed by atoms with Gasteiger partial charge in [0.15, 0.2) is 0 Å². The summed E-state index contributed by atoms with van der Waals surface area (Å²) >= 11 is 2.22. The van der Waals surface area contributed by atoms with Crippen LogP contribution >= 0.6 is 11.8 Å². The van der Waals surface area contributed by atoms with Crippen molar-refractivity contribution in [1.82, 2.24) is 0 Å². The fourth-order valence-corrected chi connectivity index (χ4v) is 3.11. The fraction of sp³-hybridized carbons (Fsp3) is 1.00. The van der Waals surface area contributed by atoms with Crippen molar-refractivity contribution in [3.63, 3.8) is 0 Å². The van der Waals surface area contributed by atoms with Crippen LogP contribution in [0.15, 0.2) is 0 Å². The monoisotopic (exact) mass is 186 g/mol. The van der Waals surface area contributed by atoms with E-state index in [1.807, 2.05) is 0 Å². The van der Waals surface area contributed by atoms with Gasteiger partial charge in [-0.05, 0) is 25.0 Å². The molecule has 0 saturated heterocycles. The molecule has 0 radical (unpaired) electrons. The van der Waals surface area contributed by atoms with Gasteiger partial charge in [-0.3, -0.25) is 0 Å². The molecule has 0 heterocycles. The Hall–Kier alpha value is 0.350. The smallest absolute Gasteiger partial charge is 0.00470 e. The van der Waals surface area contributed by atoms with Gasteiger partial charge < -0.3 is 0 Å². The second-order valence-electron chi connectivity index (χ2n) is 3.84. The molecular weight excluding hydrogens is 164 g/mol. The SMILES string of the molecule is CCCSC1CCCCCCC1. The average molecular weight is 186 g/mol. The molecule has 1 heteroatoms. The Morgan fingerprint density at radius 1 is 1.00 bits per heavy atom. The number of hydrogen-bond donors (Lipinski definition) is 0. The molecular formula is C11H22S. The van der Waals surface area contributed by atoms with Crippen LogP contribution in [-0.2, 0) is 0 Å². The van der Waals surface area contributed by atoms with Gasteiger partial charge in [0.1, 0.15) is 0 Å². The lowest BCUT2D eigenvalue weighted by Gasteiger charge is -2.18. The number of thioether (sulfide) groups is 1. The first kappa shape index (κ1) is 10.4. The van der Waals surface area contributed by atoms with E-state index in [1.54, 1.807) is 0 Å². The molecule has 0 aliphatic heterocycles. The van der Waals surface area contributed by atoms with E-state index >= 15 is 0 Å². The van der Waals surface area contributed by atoms with Crippen molar-refractivity contribution >= 4 is 11.8 Å². The van der Waals surface area contributed by atoms with Crippen molar-refractivity contribution in [3.05, 3.63) is 0 Å². The third-order valence-corrected chi connectivity index (χ3v) is 4.20. The van der Waals surface area contributed by atoms with Crippen molar-refractivity contribution in [2.45, 2.75) is 63.5 Å². The van der Waals surface area contributed by atoms with Crippen LogP contribution in [0.25, 0.3) is 0 Å². The van der Waals surface area contributed by atoms with Gasteiger partial charge >= 0.3 is 0 Å². The molecule has 0 aromatic rings. The minimum Gasteiger partial charge on any atom is -0.159 e. The van der Waals surface area contributed by atoms with Crippen LogP contribution in [0, 0.1) is 0 Å². The van der Waals surface area contributed by atoms with Crippen molar-refractivity contribution in [1.29, 1.82) is 0 Å². The first-order chi connectivity index (χ1) is 5.93. The highest BCUT2D eigenvalue weighted by Crippen LogP contribution is 2.26. The van der Waals surface area contributed by atoms with Crippen molar-refractivity contribution in [2.24, 2.45) is 0 Å². The van der Waals surface area contributed by atoms with E-state index in [4.69, 9.17) is 0 Å². The molecule has 0 N–H and O–H groups in total. The van der Waals surface area contributed by atoms with Gasteiger partial charge in [0.2, 0.25) is 0 Å². The van der Waals surface area contributed by atoms with Crippen LogP contribution in [0.4, 0.5) is 0 Å². The molecule has 0 spiro atoms. The first-order valence-electron chi connectivity index (χ1n) is 5.55. The van der Waals surface area contributed by atoms with Crippen molar-refractivity contribution in [2.75, 3.05) is 5.75 Å². The molecule has 1 aliphatic rings. The lowest BCUT2D eigenvalue weighted by atomic mass is 10.0. The van der Waals surface area contributed by atoms with Gasteiger partial charge in [0.25, 0.3) is 0 Å². The van der Waals surface area contributed by atoms with E-state index in [1.165, 1.54) is 57.1 Å². The molecule has 0 nitrogen and oxygen atoms in total. The number of hydrogen-bond acceptors (Lipinski definition) is 1. The van der Waals surface area contributed by atoms with Crippen LogP contribution in [0.2, 0.25) is 0 Å². The molecule has 1 aliphatic carbocycles. The van der Waals surface area contributed by atoms with Gasteiger partial charge in [-0.1, -0.05) is 39.0 Å². The van der Waals surface area contributed by atoms with E-state index in [2.05, 4.69) is 18.7 Å². The number of rotatable bonds is 3. The van der Waals surface area contributed by atoms with E-state index in [9.17, 15) is 0 Å². The van der Waals surface area contributed by atoms with Crippen LogP contribution < -0.4 is 0 Å². The Morgan fingerprint density at radius 2 is 1.58 bits per heavy atom. The summed E-state index contributed by atoms with van der Waals surface area (Å²) < 4.78 is 0. The molecule has 0 aromatic carbocycles. The van der Waals surface area contributed by atoms with Crippen molar-refractivity contribution in [3.8, 4) is 0 Å². The highest BCUT2D eigenvalue weighted by atomic mass is 32.2. The van der Waals surface area contributed by atoms with Crippen LogP contribution in [0.3, 0.4) is 0 Å². The molecule has 12 heavy (non-hydrogen) atoms. The lowest BCUT2D eigenvalue weighted by molar-refractivity contribution is 0.513. The summed E-state index contributed by atoms with van der Waals surface area (Å²) in [5.41, 5.74) is 0. The second kappa shape index (κ2) is 6.82. The Kier molecular flexibility index (Phi) is 5.93. The Balaban J connectivity index is 2.11. The predicted octanol–water partition coefficient (Wildman–Crippen LogP) is 4.24. The minimum atomic E-state index is 1.00. The zero-order valence-corrected chi connectivity index (χ0v) is 9.17. The molecule has 0 unspecified atom stereocenters. The molecule has 72 valence electrons. The van der Waals surface area contributed by atoms with E-state index < -0.39 is 0 Å². The Labute approximate surface area is 81.5 Å². The lowest BCUT2D eigenvalue weighted by Crippen LogP contribution is -2.06. The van der Waals surface area contributed by atoms with Gasteiger partial charge in [0, 0.05) is 5.25 Å². The van der Waals surface area contributed by atoms with E-state index in [0.717, 1.165) is 5.25 Å². The zero-order valence-electron chi connectivity index (χ0n) is 8.35. The van der Waals surface area contributed by atoms with Crippen LogP contribution in [0.5, 0.6) is 0 Å². The van der Waals surface area contributed by atoms with Gasteiger partial charge in [0.05, 0.1) is 0 Å². The molecule has 0 amide bonds. The maximum absolute atomic E-state index is 2.29. The van der Waals surface area contributed by atoms with Crippen LogP contribution in [-0.4, -0.2) is 11.0 Å². The normalized spacial score (nSPS) is 21.8. The summed E-state index contributed by atoms with van der Waals surface area (Å²) in [5.74, 6) is 1.38. The molecule has 1 saturated carbocycles. The Morgan fingerprint density at radius 3 is 2.17 bits per heavy atom. The van der Waals surface area contributed by atoms with Gasteiger partial charge in [-0.2, -0.15) is 11.8 Å². The quantitative estimate of drug-likeness (QED) is 0.635. The van der Waals surface area contributed by atoms with Crippen LogP contribution in [0.1, 0.15) is 58.3 Å². The minimum absolute atomic E-state index is 1.00. The first-order valence-corrected chi connectivity index (χ1v) is 6.60. The Bertz CT molecular complexity index is 90.4. The summed E-state index contributed by atoms with van der Waals surface area (Å²) in [7, 11) is 0. The highest BCUT2D eigenvalue weighted by molar-refractivity contribution is 7.99. The maximum atomic E-state index is 2.29. The summed E-state index contributed by atoms with van der Waals surface area (Å²) in [6.07, 6.45) is 11.8. The third-order valence-electron chi connectivity index (χ3n) is 2.61. The molecule has 1 fully saturated rings. The zero-order chi connectivity index (χ0) is 8.65. The molecule has 0 atom stereocenters. The molecule has 0 bridgehead atoms. The third kappa shape index (κ3) is 4.39. The fourth-order valence-electron chi connectivity index (χ4n) is 1.87. The summed E-state index contributed by atoms with van der Waals surface area (Å²) in [6, 6.07) is 0. The molecule has 1 rings (SSSR count). The predicted molar refractivity (Wildman–Crippen MR) is 58.9 cm³/mol. The summed E-state index contributed by atoms with van der Waals surface area (Å²) in [5, 5.41) is 1.00. The van der Waals surface area contributed by atoms with Gasteiger partial charge in [-0.25, -0.2) is 0 Å². The van der Waals surface area contributed by atoms with E-state index in [0.29, 0.717) is 0 Å². The van der Waals surface area contributed by atoms with E-state index in [-0.39, 0.29) is 0 Å².